The number of primary amides is 1. The van der Waals surface area contributed by atoms with Crippen molar-refractivity contribution in [2.24, 2.45) is 28.1 Å². The molecule has 0 aromatic rings. The van der Waals surface area contributed by atoms with Crippen LogP contribution >= 0.6 is 0 Å². The standard InChI is InChI=1S/C44H72N14O17/c1-20(2)33(56-39(70)24(9-6-16-49-44(46)47)52-38(69)26(12-14-31(62)63)53-37(68)23-8-5-15-48-23)42(73)58-17-7-10-28(58)40(71)57-34(22(4)59)41(72)54-25(11-13-29(45)60)36(67)50-19-30(61)51-21(3)35(66)55-27(43(74)75)18-32(64)65/h20-28,33-34,48,59H,5-19H2,1-4H3,(H2,45,60)(H,50,67)(H,51,61)(H,52,69)(H,53,68)(H,54,72)(H,55,66)(H,56,70)(H,57,71)(H,62,63)(H,64,65)(H,74,75)(H4,46,47,49)/t21-,22+,23-,24-,25-,26-,27-,28-,33-,34-/m0/s1. The van der Waals surface area contributed by atoms with Crippen LogP contribution in [0.1, 0.15) is 98.3 Å². The highest BCUT2D eigenvalue weighted by atomic mass is 16.4. The Kier molecular flexibility index (Phi) is 26.3. The minimum absolute atomic E-state index is 0.000997. The summed E-state index contributed by atoms with van der Waals surface area (Å²) in [4.78, 5) is 171. The first-order chi connectivity index (χ1) is 35.1. The molecule has 420 valence electrons. The number of likely N-dealkylation sites (tertiary alicyclic amines) is 1. The molecule has 0 radical (unpaired) electrons. The number of carboxylic acid groups (broad SMARTS) is 3. The molecule has 2 rings (SSSR count). The third kappa shape index (κ3) is 22.1. The number of aliphatic hydroxyl groups is 1. The molecule has 10 amide bonds. The maximum Gasteiger partial charge on any atom is 0.326 e. The van der Waals surface area contributed by atoms with Gasteiger partial charge in [0.15, 0.2) is 5.96 Å². The number of rotatable bonds is 32. The molecular weight excluding hydrogens is 997 g/mol. The quantitative estimate of drug-likeness (QED) is 0.0169. The van der Waals surface area contributed by atoms with Crippen molar-refractivity contribution in [1.82, 2.24) is 52.8 Å². The summed E-state index contributed by atoms with van der Waals surface area (Å²) in [5.41, 5.74) is 16.2. The van der Waals surface area contributed by atoms with E-state index in [1.807, 2.05) is 5.32 Å². The number of amides is 10. The zero-order chi connectivity index (χ0) is 56.7. The van der Waals surface area contributed by atoms with Gasteiger partial charge in [0.25, 0.3) is 0 Å². The van der Waals surface area contributed by atoms with Crippen molar-refractivity contribution in [1.29, 1.82) is 0 Å². The zero-order valence-electron chi connectivity index (χ0n) is 42.2. The number of guanidine groups is 1. The molecular formula is C44H72N14O17. The van der Waals surface area contributed by atoms with E-state index in [9.17, 15) is 77.6 Å². The number of hydrogen-bond acceptors (Lipinski definition) is 16. The summed E-state index contributed by atoms with van der Waals surface area (Å²) in [5.74, 6) is -14.4. The number of carbonyl (C=O) groups is 13. The van der Waals surface area contributed by atoms with Crippen LogP contribution < -0.4 is 65.1 Å². The average molecular weight is 1070 g/mol. The Labute approximate surface area is 430 Å². The number of nitrogens with one attached hydrogen (secondary N) is 9. The van der Waals surface area contributed by atoms with Gasteiger partial charge in [-0.3, -0.25) is 62.5 Å². The lowest BCUT2D eigenvalue weighted by molar-refractivity contribution is -0.147. The molecule has 0 bridgehead atoms. The average Bonchev–Trinajstić information content (AvgIpc) is 4.06. The Morgan fingerprint density at radius 1 is 0.640 bits per heavy atom. The van der Waals surface area contributed by atoms with Gasteiger partial charge >= 0.3 is 17.9 Å². The van der Waals surface area contributed by atoms with Crippen molar-refractivity contribution in [2.75, 3.05) is 26.2 Å². The van der Waals surface area contributed by atoms with E-state index in [1.165, 1.54) is 0 Å². The molecule has 31 nitrogen and oxygen atoms in total. The molecule has 0 aromatic carbocycles. The third-order valence-corrected chi connectivity index (χ3v) is 11.9. The number of nitrogens with two attached hydrogens (primary N) is 3. The molecule has 2 aliphatic rings. The maximum absolute atomic E-state index is 14.3. The molecule has 10 atom stereocenters. The second-order valence-electron chi connectivity index (χ2n) is 18.4. The van der Waals surface area contributed by atoms with E-state index in [0.717, 1.165) is 18.7 Å². The van der Waals surface area contributed by atoms with Crippen LogP contribution in [0.2, 0.25) is 0 Å². The fourth-order valence-electron chi connectivity index (χ4n) is 7.80. The summed E-state index contributed by atoms with van der Waals surface area (Å²) in [6, 6.07) is -12.6. The van der Waals surface area contributed by atoms with Gasteiger partial charge in [0.2, 0.25) is 59.1 Å². The summed E-state index contributed by atoms with van der Waals surface area (Å²) >= 11 is 0. The Morgan fingerprint density at radius 2 is 1.24 bits per heavy atom. The van der Waals surface area contributed by atoms with E-state index in [-0.39, 0.29) is 51.2 Å². The van der Waals surface area contributed by atoms with Gasteiger partial charge in [-0.2, -0.15) is 0 Å². The number of carboxylic acids is 3. The predicted octanol–water partition coefficient (Wildman–Crippen LogP) is -6.96. The lowest BCUT2D eigenvalue weighted by Crippen LogP contribution is -2.61. The predicted molar refractivity (Wildman–Crippen MR) is 260 cm³/mol. The monoisotopic (exact) mass is 1070 g/mol. The lowest BCUT2D eigenvalue weighted by atomic mass is 10.0. The first-order valence-electron chi connectivity index (χ1n) is 24.2. The Bertz CT molecular complexity index is 2130. The van der Waals surface area contributed by atoms with Gasteiger partial charge in [-0.25, -0.2) is 4.79 Å². The summed E-state index contributed by atoms with van der Waals surface area (Å²) in [6.45, 7) is 5.23. The molecule has 2 heterocycles. The molecule has 19 N–H and O–H groups in total. The molecule has 31 heteroatoms. The minimum Gasteiger partial charge on any atom is -0.481 e. The number of hydrogen-bond donors (Lipinski definition) is 16. The van der Waals surface area contributed by atoms with Crippen LogP contribution in [0.3, 0.4) is 0 Å². The van der Waals surface area contributed by atoms with Gasteiger partial charge in [-0.15, -0.1) is 0 Å². The second-order valence-corrected chi connectivity index (χ2v) is 18.4. The van der Waals surface area contributed by atoms with Crippen LogP contribution in [0.25, 0.3) is 0 Å². The fourth-order valence-corrected chi connectivity index (χ4v) is 7.80. The Morgan fingerprint density at radius 3 is 1.80 bits per heavy atom. The van der Waals surface area contributed by atoms with Crippen LogP contribution in [-0.4, -0.2) is 195 Å². The van der Waals surface area contributed by atoms with Gasteiger partial charge in [0.1, 0.15) is 48.3 Å². The summed E-state index contributed by atoms with van der Waals surface area (Å²) < 4.78 is 0. The number of aliphatic carboxylic acids is 3. The van der Waals surface area contributed by atoms with Crippen LogP contribution in [0.15, 0.2) is 4.99 Å². The van der Waals surface area contributed by atoms with Crippen molar-refractivity contribution in [3.05, 3.63) is 0 Å². The van der Waals surface area contributed by atoms with E-state index in [1.54, 1.807) is 13.8 Å². The SMILES string of the molecule is CC(C)[C@H](NC(=O)[C@H](CCCN=C(N)N)NC(=O)[C@H](CCC(=O)O)NC(=O)[C@@H]1CCCN1)C(=O)N1CCC[C@H]1C(=O)N[C@H](C(=O)N[C@@H](CCC(N)=O)C(=O)NCC(=O)N[C@@H](C)C(=O)N[C@@H](CC(=O)O)C(=O)O)[C@@H](C)O. The molecule has 2 aliphatic heterocycles. The smallest absolute Gasteiger partial charge is 0.326 e. The van der Waals surface area contributed by atoms with E-state index < -0.39 is 176 Å². The Balaban J connectivity index is 2.24. The van der Waals surface area contributed by atoms with Crippen LogP contribution in [-0.2, 0) is 62.3 Å². The molecule has 0 saturated carbocycles. The number of aliphatic imine (C=N–C) groups is 1. The van der Waals surface area contributed by atoms with Crippen molar-refractivity contribution in [3.63, 3.8) is 0 Å². The number of aliphatic hydroxyl groups excluding tert-OH is 1. The second kappa shape index (κ2) is 31.1. The van der Waals surface area contributed by atoms with Crippen LogP contribution in [0.5, 0.6) is 0 Å². The maximum atomic E-state index is 14.3. The van der Waals surface area contributed by atoms with Crippen molar-refractivity contribution < 1.29 is 82.8 Å². The Hall–Kier alpha value is -7.70. The molecule has 75 heavy (non-hydrogen) atoms. The summed E-state index contributed by atoms with van der Waals surface area (Å²) in [5, 5.41) is 59.9. The highest BCUT2D eigenvalue weighted by Gasteiger charge is 2.42. The van der Waals surface area contributed by atoms with E-state index in [0.29, 0.717) is 19.4 Å². The van der Waals surface area contributed by atoms with Crippen molar-refractivity contribution in [3.8, 4) is 0 Å². The molecule has 0 aliphatic carbocycles. The molecule has 0 aromatic heterocycles. The van der Waals surface area contributed by atoms with Gasteiger partial charge in [-0.05, 0) is 77.7 Å². The van der Waals surface area contributed by atoms with E-state index in [4.69, 9.17) is 22.3 Å². The normalized spacial score (nSPS) is 18.2. The van der Waals surface area contributed by atoms with Crippen LogP contribution in [0.4, 0.5) is 0 Å². The van der Waals surface area contributed by atoms with E-state index in [2.05, 4.69) is 47.5 Å². The van der Waals surface area contributed by atoms with Gasteiger partial charge in [0.05, 0.1) is 25.1 Å². The van der Waals surface area contributed by atoms with Crippen LogP contribution in [0, 0.1) is 5.92 Å². The highest BCUT2D eigenvalue weighted by Crippen LogP contribution is 2.21. The molecule has 2 fully saturated rings. The summed E-state index contributed by atoms with van der Waals surface area (Å²) in [6.07, 6.45) is -2.78. The largest absolute Gasteiger partial charge is 0.481 e. The fraction of sp³-hybridized carbons (Fsp3) is 0.682. The van der Waals surface area contributed by atoms with E-state index >= 15 is 0 Å². The van der Waals surface area contributed by atoms with Crippen molar-refractivity contribution >= 4 is 82.9 Å². The highest BCUT2D eigenvalue weighted by molar-refractivity contribution is 5.99. The zero-order valence-corrected chi connectivity index (χ0v) is 42.2. The number of nitrogens with zero attached hydrogens (tertiary/aromatic N) is 2. The molecule has 0 spiro atoms. The lowest BCUT2D eigenvalue weighted by Gasteiger charge is -2.32. The summed E-state index contributed by atoms with van der Waals surface area (Å²) in [7, 11) is 0. The van der Waals surface area contributed by atoms with Crippen molar-refractivity contribution in [2.45, 2.75) is 159 Å². The van der Waals surface area contributed by atoms with Gasteiger partial charge in [-0.1, -0.05) is 13.8 Å². The van der Waals surface area contributed by atoms with Gasteiger partial charge < -0.3 is 90.4 Å². The van der Waals surface area contributed by atoms with Gasteiger partial charge in [0, 0.05) is 25.9 Å². The number of carbonyl (C=O) groups excluding carboxylic acids is 10. The molecule has 0 unspecified atom stereocenters. The first-order valence-corrected chi connectivity index (χ1v) is 24.2. The first kappa shape index (κ1) is 63.4. The molecule has 2 saturated heterocycles. The third-order valence-electron chi connectivity index (χ3n) is 11.9. The topological polar surface area (TPSA) is 505 Å². The minimum atomic E-state index is -1.82.